The molecule has 0 amide bonds. The third-order valence-corrected chi connectivity index (χ3v) is 1.85. The van der Waals surface area contributed by atoms with Crippen molar-refractivity contribution in [1.82, 2.24) is 0 Å². The van der Waals surface area contributed by atoms with Crippen molar-refractivity contribution in [3.63, 3.8) is 0 Å². The second kappa shape index (κ2) is 9.57. The lowest BCUT2D eigenvalue weighted by molar-refractivity contribution is -0.156. The van der Waals surface area contributed by atoms with Crippen molar-refractivity contribution < 1.29 is 23.9 Å². The van der Waals surface area contributed by atoms with Crippen molar-refractivity contribution in [2.24, 2.45) is 0 Å². The fraction of sp³-hybridized carbons (Fsp3) is 0.583. The van der Waals surface area contributed by atoms with Crippen LogP contribution in [0.5, 0.6) is 0 Å². The number of ether oxygens (including phenoxy) is 2. The summed E-state index contributed by atoms with van der Waals surface area (Å²) >= 11 is 0. The summed E-state index contributed by atoms with van der Waals surface area (Å²) in [5.41, 5.74) is 0. The second-order valence-electron chi connectivity index (χ2n) is 3.36. The van der Waals surface area contributed by atoms with Gasteiger partial charge in [-0.25, -0.2) is 0 Å². The molecule has 0 aliphatic carbocycles. The van der Waals surface area contributed by atoms with Gasteiger partial charge in [-0.3, -0.25) is 14.4 Å². The molecule has 0 fully saturated rings. The van der Waals surface area contributed by atoms with Gasteiger partial charge >= 0.3 is 11.9 Å². The molecule has 0 aliphatic rings. The first kappa shape index (κ1) is 15.3. The molecule has 0 atom stereocenters. The molecule has 0 spiro atoms. The SMILES string of the molecule is C=CCCCC(=O)COC(=O)CC(=O)OCC. The minimum absolute atomic E-state index is 0.163. The minimum atomic E-state index is -0.736. The van der Waals surface area contributed by atoms with Gasteiger partial charge in [-0.15, -0.1) is 6.58 Å². The Kier molecular flexibility index (Phi) is 8.64. The van der Waals surface area contributed by atoms with Gasteiger partial charge in [-0.05, 0) is 19.8 Å². The summed E-state index contributed by atoms with van der Waals surface area (Å²) in [7, 11) is 0. The predicted octanol–water partition coefficient (Wildman–Crippen LogP) is 1.41. The second-order valence-corrected chi connectivity index (χ2v) is 3.36. The highest BCUT2D eigenvalue weighted by Gasteiger charge is 2.12. The molecule has 5 nitrogen and oxygen atoms in total. The van der Waals surface area contributed by atoms with Gasteiger partial charge in [0.15, 0.2) is 5.78 Å². The number of Topliss-reactive ketones (excluding diaryl/α,β-unsaturated/α-hetero) is 1. The Bertz CT molecular complexity index is 283. The summed E-state index contributed by atoms with van der Waals surface area (Å²) in [4.78, 5) is 33.2. The summed E-state index contributed by atoms with van der Waals surface area (Å²) in [5.74, 6) is -1.54. The van der Waals surface area contributed by atoms with E-state index in [9.17, 15) is 14.4 Å². The predicted molar refractivity (Wildman–Crippen MR) is 61.3 cm³/mol. The number of hydrogen-bond donors (Lipinski definition) is 0. The molecule has 5 heteroatoms. The van der Waals surface area contributed by atoms with Gasteiger partial charge < -0.3 is 9.47 Å². The molecule has 0 heterocycles. The number of rotatable bonds is 9. The number of allylic oxidation sites excluding steroid dienone is 1. The monoisotopic (exact) mass is 242 g/mol. The summed E-state index contributed by atoms with van der Waals surface area (Å²) in [6.45, 7) is 5.11. The van der Waals surface area contributed by atoms with Gasteiger partial charge in [0.2, 0.25) is 0 Å². The molecule has 0 unspecified atom stereocenters. The van der Waals surface area contributed by atoms with Crippen molar-refractivity contribution in [3.8, 4) is 0 Å². The van der Waals surface area contributed by atoms with Crippen LogP contribution in [0, 0.1) is 0 Å². The van der Waals surface area contributed by atoms with Crippen molar-refractivity contribution >= 4 is 17.7 Å². The number of ketones is 1. The Hall–Kier alpha value is -1.65. The van der Waals surface area contributed by atoms with Crippen LogP contribution in [0.4, 0.5) is 0 Å². The van der Waals surface area contributed by atoms with Crippen LogP contribution in [0.15, 0.2) is 12.7 Å². The Labute approximate surface area is 101 Å². The molecule has 0 radical (unpaired) electrons. The van der Waals surface area contributed by atoms with Crippen molar-refractivity contribution in [2.75, 3.05) is 13.2 Å². The minimum Gasteiger partial charge on any atom is -0.466 e. The molecule has 0 N–H and O–H groups in total. The normalized spacial score (nSPS) is 9.47. The largest absolute Gasteiger partial charge is 0.466 e. The maximum Gasteiger partial charge on any atom is 0.317 e. The number of carbonyl (C=O) groups excluding carboxylic acids is 3. The third kappa shape index (κ3) is 9.29. The molecular formula is C12H18O5. The number of unbranched alkanes of at least 4 members (excludes halogenated alkanes) is 1. The van der Waals surface area contributed by atoms with Crippen LogP contribution < -0.4 is 0 Å². The Morgan fingerprint density at radius 2 is 1.82 bits per heavy atom. The van der Waals surface area contributed by atoms with Crippen LogP contribution in [0.2, 0.25) is 0 Å². The lowest BCUT2D eigenvalue weighted by Crippen LogP contribution is -2.17. The lowest BCUT2D eigenvalue weighted by atomic mass is 10.2. The molecule has 96 valence electrons. The summed E-state index contributed by atoms with van der Waals surface area (Å²) < 4.78 is 9.20. The Balaban J connectivity index is 3.65. The summed E-state index contributed by atoms with van der Waals surface area (Å²) in [6.07, 6.45) is 3.06. The van der Waals surface area contributed by atoms with E-state index in [4.69, 9.17) is 0 Å². The average Bonchev–Trinajstić information content (AvgIpc) is 2.27. The highest BCUT2D eigenvalue weighted by molar-refractivity contribution is 5.92. The van der Waals surface area contributed by atoms with Crippen LogP contribution in [-0.2, 0) is 23.9 Å². The van der Waals surface area contributed by atoms with Crippen molar-refractivity contribution in [3.05, 3.63) is 12.7 Å². The topological polar surface area (TPSA) is 69.7 Å². The summed E-state index contributed by atoms with van der Waals surface area (Å²) in [5, 5.41) is 0. The zero-order valence-corrected chi connectivity index (χ0v) is 10.1. The molecule has 17 heavy (non-hydrogen) atoms. The van der Waals surface area contributed by atoms with E-state index in [1.54, 1.807) is 13.0 Å². The van der Waals surface area contributed by atoms with E-state index < -0.39 is 18.4 Å². The Morgan fingerprint density at radius 3 is 2.41 bits per heavy atom. The van der Waals surface area contributed by atoms with Crippen molar-refractivity contribution in [2.45, 2.75) is 32.6 Å². The molecule has 0 saturated carbocycles. The average molecular weight is 242 g/mol. The van der Waals surface area contributed by atoms with Crippen molar-refractivity contribution in [1.29, 1.82) is 0 Å². The van der Waals surface area contributed by atoms with Crippen LogP contribution in [-0.4, -0.2) is 30.9 Å². The summed E-state index contributed by atoms with van der Waals surface area (Å²) in [6, 6.07) is 0. The molecule has 0 aromatic carbocycles. The number of hydrogen-bond acceptors (Lipinski definition) is 5. The fourth-order valence-electron chi connectivity index (χ4n) is 1.06. The third-order valence-electron chi connectivity index (χ3n) is 1.85. The van der Waals surface area contributed by atoms with E-state index in [0.29, 0.717) is 12.8 Å². The fourth-order valence-corrected chi connectivity index (χ4v) is 1.06. The first-order chi connectivity index (χ1) is 8.10. The van der Waals surface area contributed by atoms with Gasteiger partial charge in [0.1, 0.15) is 13.0 Å². The molecule has 0 aromatic rings. The molecule has 0 aromatic heterocycles. The van der Waals surface area contributed by atoms with Crippen LogP contribution in [0.1, 0.15) is 32.6 Å². The smallest absolute Gasteiger partial charge is 0.317 e. The van der Waals surface area contributed by atoms with E-state index >= 15 is 0 Å². The van der Waals surface area contributed by atoms with E-state index in [-0.39, 0.29) is 19.0 Å². The standard InChI is InChI=1S/C12H18O5/c1-3-5-6-7-10(13)9-17-12(15)8-11(14)16-4-2/h3H,1,4-9H2,2H3. The quantitative estimate of drug-likeness (QED) is 0.264. The zero-order chi connectivity index (χ0) is 13.1. The van der Waals surface area contributed by atoms with Crippen LogP contribution in [0.25, 0.3) is 0 Å². The number of carbonyl (C=O) groups is 3. The van der Waals surface area contributed by atoms with Gasteiger partial charge in [0, 0.05) is 6.42 Å². The van der Waals surface area contributed by atoms with E-state index in [1.165, 1.54) is 0 Å². The first-order valence-corrected chi connectivity index (χ1v) is 5.54. The molecule has 0 saturated heterocycles. The van der Waals surface area contributed by atoms with Crippen LogP contribution >= 0.6 is 0 Å². The molecule has 0 bridgehead atoms. The highest BCUT2D eigenvalue weighted by atomic mass is 16.6. The molecule has 0 aliphatic heterocycles. The first-order valence-electron chi connectivity index (χ1n) is 5.54. The van der Waals surface area contributed by atoms with Gasteiger partial charge in [0.25, 0.3) is 0 Å². The maximum absolute atomic E-state index is 11.2. The molecular weight excluding hydrogens is 224 g/mol. The number of esters is 2. The van der Waals surface area contributed by atoms with Gasteiger partial charge in [0.05, 0.1) is 6.61 Å². The van der Waals surface area contributed by atoms with E-state index in [2.05, 4.69) is 16.1 Å². The lowest BCUT2D eigenvalue weighted by Gasteiger charge is -2.03. The van der Waals surface area contributed by atoms with E-state index in [1.807, 2.05) is 0 Å². The maximum atomic E-state index is 11.2. The van der Waals surface area contributed by atoms with Gasteiger partial charge in [-0.2, -0.15) is 0 Å². The van der Waals surface area contributed by atoms with Crippen LogP contribution in [0.3, 0.4) is 0 Å². The Morgan fingerprint density at radius 1 is 1.18 bits per heavy atom. The van der Waals surface area contributed by atoms with Gasteiger partial charge in [-0.1, -0.05) is 6.08 Å². The zero-order valence-electron chi connectivity index (χ0n) is 10.1. The van der Waals surface area contributed by atoms with E-state index in [0.717, 1.165) is 6.42 Å². The molecule has 0 rings (SSSR count). The highest BCUT2D eigenvalue weighted by Crippen LogP contribution is 1.98.